The molecule has 2 aliphatic rings. The Kier molecular flexibility index (Phi) is 5.90. The number of benzene rings is 1. The molecule has 1 heterocycles. The molecule has 4 heteroatoms. The standard InChI is InChI=1S/C20H31N3O/c1-22(2)17-9-6-13-23(15-17)14-12-20(24)21-19-11-5-8-16-7-3-4-10-18(16)19/h3-4,7,10,17,19H,5-6,8-9,11-15H2,1-2H3,(H,21,24). The van der Waals surface area contributed by atoms with Crippen molar-refractivity contribution >= 4 is 5.91 Å². The Labute approximate surface area is 146 Å². The smallest absolute Gasteiger partial charge is 0.221 e. The van der Waals surface area contributed by atoms with Gasteiger partial charge in [0.15, 0.2) is 0 Å². The predicted molar refractivity (Wildman–Crippen MR) is 98.0 cm³/mol. The van der Waals surface area contributed by atoms with Gasteiger partial charge in [-0.1, -0.05) is 24.3 Å². The number of likely N-dealkylation sites (N-methyl/N-ethyl adjacent to an activating group) is 1. The predicted octanol–water partition coefficient (Wildman–Crippen LogP) is 2.60. The summed E-state index contributed by atoms with van der Waals surface area (Å²) in [6.45, 7) is 3.10. The highest BCUT2D eigenvalue weighted by Gasteiger charge is 2.23. The molecule has 1 aromatic carbocycles. The van der Waals surface area contributed by atoms with Crippen LogP contribution in [0.4, 0.5) is 0 Å². The van der Waals surface area contributed by atoms with E-state index in [9.17, 15) is 4.79 Å². The van der Waals surface area contributed by atoms with E-state index < -0.39 is 0 Å². The molecule has 1 amide bonds. The second-order valence-electron chi connectivity index (χ2n) is 7.52. The number of piperidine rings is 1. The van der Waals surface area contributed by atoms with Crippen LogP contribution in [-0.4, -0.2) is 55.5 Å². The van der Waals surface area contributed by atoms with Gasteiger partial charge in [-0.25, -0.2) is 0 Å². The van der Waals surface area contributed by atoms with Crippen LogP contribution in [0.15, 0.2) is 24.3 Å². The molecule has 0 bridgehead atoms. The molecule has 0 spiro atoms. The number of nitrogens with one attached hydrogen (secondary N) is 1. The Hall–Kier alpha value is -1.39. The highest BCUT2D eigenvalue weighted by Crippen LogP contribution is 2.29. The molecule has 1 aliphatic carbocycles. The van der Waals surface area contributed by atoms with Crippen LogP contribution in [0, 0.1) is 0 Å². The summed E-state index contributed by atoms with van der Waals surface area (Å²) in [5.41, 5.74) is 2.72. The average molecular weight is 329 g/mol. The maximum absolute atomic E-state index is 12.4. The van der Waals surface area contributed by atoms with Crippen LogP contribution in [0.3, 0.4) is 0 Å². The van der Waals surface area contributed by atoms with E-state index in [1.807, 2.05) is 0 Å². The summed E-state index contributed by atoms with van der Waals surface area (Å²) in [7, 11) is 4.31. The van der Waals surface area contributed by atoms with Crippen molar-refractivity contribution in [2.75, 3.05) is 33.7 Å². The SMILES string of the molecule is CN(C)C1CCCN(CCC(=O)NC2CCCc3ccccc32)C1. The molecule has 1 N–H and O–H groups in total. The maximum Gasteiger partial charge on any atom is 0.221 e. The normalized spacial score (nSPS) is 24.6. The van der Waals surface area contributed by atoms with Crippen molar-refractivity contribution in [1.29, 1.82) is 0 Å². The van der Waals surface area contributed by atoms with E-state index in [1.165, 1.54) is 30.4 Å². The number of carbonyl (C=O) groups is 1. The summed E-state index contributed by atoms with van der Waals surface area (Å²) in [5, 5.41) is 3.27. The minimum atomic E-state index is 0.198. The zero-order valence-corrected chi connectivity index (χ0v) is 15.1. The zero-order valence-electron chi connectivity index (χ0n) is 15.1. The number of carbonyl (C=O) groups excluding carboxylic acids is 1. The average Bonchev–Trinajstić information content (AvgIpc) is 2.60. The number of aryl methyl sites for hydroxylation is 1. The molecule has 132 valence electrons. The summed E-state index contributed by atoms with van der Waals surface area (Å²) < 4.78 is 0. The van der Waals surface area contributed by atoms with Crippen molar-refractivity contribution < 1.29 is 4.79 Å². The van der Waals surface area contributed by atoms with Gasteiger partial charge in [-0.15, -0.1) is 0 Å². The molecule has 3 rings (SSSR count). The van der Waals surface area contributed by atoms with Crippen molar-refractivity contribution in [3.8, 4) is 0 Å². The van der Waals surface area contributed by atoms with Gasteiger partial charge in [-0.2, -0.15) is 0 Å². The highest BCUT2D eigenvalue weighted by atomic mass is 16.1. The van der Waals surface area contributed by atoms with Gasteiger partial charge in [-0.3, -0.25) is 4.79 Å². The van der Waals surface area contributed by atoms with Crippen molar-refractivity contribution in [3.63, 3.8) is 0 Å². The monoisotopic (exact) mass is 329 g/mol. The zero-order chi connectivity index (χ0) is 16.9. The largest absolute Gasteiger partial charge is 0.349 e. The minimum absolute atomic E-state index is 0.198. The minimum Gasteiger partial charge on any atom is -0.349 e. The molecule has 0 saturated carbocycles. The fraction of sp³-hybridized carbons (Fsp3) is 0.650. The van der Waals surface area contributed by atoms with Crippen LogP contribution in [0.1, 0.15) is 49.3 Å². The van der Waals surface area contributed by atoms with Crippen LogP contribution in [0.2, 0.25) is 0 Å². The lowest BCUT2D eigenvalue weighted by atomic mass is 9.87. The van der Waals surface area contributed by atoms with Crippen LogP contribution < -0.4 is 5.32 Å². The van der Waals surface area contributed by atoms with Gasteiger partial charge in [0.1, 0.15) is 0 Å². The van der Waals surface area contributed by atoms with Crippen molar-refractivity contribution in [2.45, 2.75) is 50.6 Å². The molecule has 2 unspecified atom stereocenters. The third-order valence-corrected chi connectivity index (χ3v) is 5.57. The first-order chi connectivity index (χ1) is 11.6. The first-order valence-corrected chi connectivity index (χ1v) is 9.39. The lowest BCUT2D eigenvalue weighted by molar-refractivity contribution is -0.122. The van der Waals surface area contributed by atoms with Gasteiger partial charge in [0.2, 0.25) is 5.91 Å². The molecule has 24 heavy (non-hydrogen) atoms. The topological polar surface area (TPSA) is 35.6 Å². The first kappa shape index (κ1) is 17.4. The number of hydrogen-bond donors (Lipinski definition) is 1. The van der Waals surface area contributed by atoms with E-state index >= 15 is 0 Å². The van der Waals surface area contributed by atoms with E-state index in [4.69, 9.17) is 0 Å². The second-order valence-corrected chi connectivity index (χ2v) is 7.52. The van der Waals surface area contributed by atoms with Gasteiger partial charge < -0.3 is 15.1 Å². The Morgan fingerprint density at radius 1 is 1.25 bits per heavy atom. The van der Waals surface area contributed by atoms with Crippen molar-refractivity contribution in [3.05, 3.63) is 35.4 Å². The van der Waals surface area contributed by atoms with Crippen LogP contribution >= 0.6 is 0 Å². The number of rotatable bonds is 5. The van der Waals surface area contributed by atoms with Gasteiger partial charge >= 0.3 is 0 Å². The summed E-state index contributed by atoms with van der Waals surface area (Å²) in [5.74, 6) is 0.198. The first-order valence-electron chi connectivity index (χ1n) is 9.39. The molecule has 2 atom stereocenters. The molecule has 1 fully saturated rings. The quantitative estimate of drug-likeness (QED) is 0.902. The summed E-state index contributed by atoms with van der Waals surface area (Å²) in [4.78, 5) is 17.2. The number of likely N-dealkylation sites (tertiary alicyclic amines) is 1. The Balaban J connectivity index is 1.48. The van der Waals surface area contributed by atoms with E-state index in [2.05, 4.69) is 53.5 Å². The highest BCUT2D eigenvalue weighted by molar-refractivity contribution is 5.76. The number of nitrogens with zero attached hydrogens (tertiary/aromatic N) is 2. The number of hydrogen-bond acceptors (Lipinski definition) is 3. The Bertz CT molecular complexity index is 558. The molecular formula is C20H31N3O. The fourth-order valence-electron chi connectivity index (χ4n) is 4.09. The van der Waals surface area contributed by atoms with Crippen molar-refractivity contribution in [1.82, 2.24) is 15.1 Å². The van der Waals surface area contributed by atoms with Crippen molar-refractivity contribution in [2.24, 2.45) is 0 Å². The summed E-state index contributed by atoms with van der Waals surface area (Å²) >= 11 is 0. The van der Waals surface area contributed by atoms with E-state index in [-0.39, 0.29) is 11.9 Å². The maximum atomic E-state index is 12.4. The lowest BCUT2D eigenvalue weighted by Crippen LogP contribution is -2.46. The lowest BCUT2D eigenvalue weighted by Gasteiger charge is -2.36. The molecule has 4 nitrogen and oxygen atoms in total. The molecular weight excluding hydrogens is 298 g/mol. The van der Waals surface area contributed by atoms with Gasteiger partial charge in [0, 0.05) is 25.6 Å². The third kappa shape index (κ3) is 4.37. The molecule has 1 saturated heterocycles. The van der Waals surface area contributed by atoms with E-state index in [0.29, 0.717) is 12.5 Å². The van der Waals surface area contributed by atoms with E-state index in [1.54, 1.807) is 0 Å². The second kappa shape index (κ2) is 8.13. The third-order valence-electron chi connectivity index (χ3n) is 5.57. The van der Waals surface area contributed by atoms with Gasteiger partial charge in [0.05, 0.1) is 6.04 Å². The molecule has 1 aliphatic heterocycles. The van der Waals surface area contributed by atoms with Crippen LogP contribution in [-0.2, 0) is 11.2 Å². The van der Waals surface area contributed by atoms with E-state index in [0.717, 1.165) is 32.5 Å². The number of fused-ring (bicyclic) bond motifs is 1. The molecule has 0 radical (unpaired) electrons. The van der Waals surface area contributed by atoms with Crippen LogP contribution in [0.25, 0.3) is 0 Å². The number of amides is 1. The summed E-state index contributed by atoms with van der Waals surface area (Å²) in [6.07, 6.45) is 6.49. The Morgan fingerprint density at radius 2 is 2.08 bits per heavy atom. The molecule has 1 aromatic rings. The van der Waals surface area contributed by atoms with Gasteiger partial charge in [-0.05, 0) is 63.9 Å². The van der Waals surface area contributed by atoms with Crippen LogP contribution in [0.5, 0.6) is 0 Å². The summed E-state index contributed by atoms with van der Waals surface area (Å²) in [6, 6.07) is 9.39. The molecule has 0 aromatic heterocycles. The Morgan fingerprint density at radius 3 is 2.92 bits per heavy atom. The fourth-order valence-corrected chi connectivity index (χ4v) is 4.09. The van der Waals surface area contributed by atoms with Gasteiger partial charge in [0.25, 0.3) is 0 Å².